The number of amides is 1. The van der Waals surface area contributed by atoms with Crippen molar-refractivity contribution in [3.63, 3.8) is 0 Å². The van der Waals surface area contributed by atoms with Gasteiger partial charge in [-0.15, -0.1) is 0 Å². The predicted molar refractivity (Wildman–Crippen MR) is 139 cm³/mol. The lowest BCUT2D eigenvalue weighted by molar-refractivity contribution is 0.0489. The van der Waals surface area contributed by atoms with Gasteiger partial charge in [0.1, 0.15) is 22.8 Å². The van der Waals surface area contributed by atoms with Gasteiger partial charge in [0, 0.05) is 5.54 Å². The van der Waals surface area contributed by atoms with Crippen molar-refractivity contribution in [1.29, 1.82) is 0 Å². The van der Waals surface area contributed by atoms with E-state index in [4.69, 9.17) is 14.5 Å². The van der Waals surface area contributed by atoms with Crippen LogP contribution in [-0.2, 0) is 9.47 Å². The standard InChI is InChI=1S/C27H34FN5O4/c1-8-36-24(34)16-13-19(31-21(16)14(2)30-25(35)37-26(4,5)6)20-17(28)9-10-18-22(20)32-23(15(3)29-18)33-27(7)11-12-27/h9-10,13-14,31H,8,11-12H2,1-7H3,(H,30,35)(H,32,33). The first kappa shape index (κ1) is 26.4. The zero-order valence-electron chi connectivity index (χ0n) is 22.3. The number of fused-ring (bicyclic) bond motifs is 1. The molecule has 1 atom stereocenters. The van der Waals surface area contributed by atoms with Crippen LogP contribution in [0.15, 0.2) is 18.2 Å². The lowest BCUT2D eigenvalue weighted by Gasteiger charge is -2.22. The summed E-state index contributed by atoms with van der Waals surface area (Å²) in [6.45, 7) is 12.8. The van der Waals surface area contributed by atoms with Crippen molar-refractivity contribution in [2.24, 2.45) is 0 Å². The number of hydrogen-bond donors (Lipinski definition) is 3. The Bertz CT molecular complexity index is 1360. The summed E-state index contributed by atoms with van der Waals surface area (Å²) in [4.78, 5) is 37.7. The van der Waals surface area contributed by atoms with Gasteiger partial charge < -0.3 is 25.1 Å². The number of benzene rings is 1. The normalized spacial score (nSPS) is 15.2. The highest BCUT2D eigenvalue weighted by Crippen LogP contribution is 2.39. The quantitative estimate of drug-likeness (QED) is 0.343. The van der Waals surface area contributed by atoms with Crippen LogP contribution < -0.4 is 10.6 Å². The van der Waals surface area contributed by atoms with E-state index in [9.17, 15) is 9.59 Å². The second-order valence-electron chi connectivity index (χ2n) is 10.7. The number of nitrogens with one attached hydrogen (secondary N) is 3. The fourth-order valence-electron chi connectivity index (χ4n) is 4.04. The number of carbonyl (C=O) groups is 2. The molecule has 37 heavy (non-hydrogen) atoms. The lowest BCUT2D eigenvalue weighted by Crippen LogP contribution is -2.34. The smallest absolute Gasteiger partial charge is 0.408 e. The number of aromatic amines is 1. The molecule has 2 heterocycles. The number of aromatic nitrogens is 3. The molecule has 0 bridgehead atoms. The summed E-state index contributed by atoms with van der Waals surface area (Å²) in [6.07, 6.45) is 1.40. The van der Waals surface area contributed by atoms with Gasteiger partial charge in [-0.1, -0.05) is 0 Å². The van der Waals surface area contributed by atoms with Gasteiger partial charge in [0.05, 0.1) is 46.4 Å². The van der Waals surface area contributed by atoms with E-state index >= 15 is 4.39 Å². The minimum atomic E-state index is -0.694. The van der Waals surface area contributed by atoms with Gasteiger partial charge in [-0.25, -0.2) is 23.9 Å². The van der Waals surface area contributed by atoms with E-state index in [2.05, 4.69) is 27.5 Å². The van der Waals surface area contributed by atoms with Crippen molar-refractivity contribution in [2.75, 3.05) is 11.9 Å². The summed E-state index contributed by atoms with van der Waals surface area (Å²) in [5.74, 6) is -0.522. The molecule has 1 aromatic carbocycles. The first-order valence-corrected chi connectivity index (χ1v) is 12.4. The molecule has 0 radical (unpaired) electrons. The molecule has 10 heteroatoms. The number of carbonyl (C=O) groups excluding carboxylic acids is 2. The molecule has 2 aromatic heterocycles. The predicted octanol–water partition coefficient (Wildman–Crippen LogP) is 5.80. The number of alkyl carbamates (subject to hydrolysis) is 1. The maximum absolute atomic E-state index is 15.4. The van der Waals surface area contributed by atoms with Crippen molar-refractivity contribution in [1.82, 2.24) is 20.3 Å². The summed E-state index contributed by atoms with van der Waals surface area (Å²) < 4.78 is 25.9. The average Bonchev–Trinajstić information content (AvgIpc) is 3.34. The Morgan fingerprint density at radius 2 is 1.95 bits per heavy atom. The zero-order chi connectivity index (χ0) is 27.1. The largest absolute Gasteiger partial charge is 0.462 e. The number of esters is 1. The topological polar surface area (TPSA) is 118 Å². The van der Waals surface area contributed by atoms with Crippen molar-refractivity contribution in [2.45, 2.75) is 78.5 Å². The van der Waals surface area contributed by atoms with Crippen molar-refractivity contribution in [3.8, 4) is 11.3 Å². The van der Waals surface area contributed by atoms with Gasteiger partial charge in [-0.2, -0.15) is 0 Å². The number of aryl methyl sites for hydroxylation is 1. The summed E-state index contributed by atoms with van der Waals surface area (Å²) in [5.41, 5.74) is 1.90. The van der Waals surface area contributed by atoms with E-state index in [-0.39, 0.29) is 23.3 Å². The molecule has 3 N–H and O–H groups in total. The van der Waals surface area contributed by atoms with Crippen LogP contribution in [-0.4, -0.2) is 44.8 Å². The Morgan fingerprint density at radius 3 is 2.57 bits per heavy atom. The van der Waals surface area contributed by atoms with Crippen LogP contribution >= 0.6 is 0 Å². The van der Waals surface area contributed by atoms with E-state index in [1.165, 1.54) is 12.1 Å². The minimum Gasteiger partial charge on any atom is -0.462 e. The van der Waals surface area contributed by atoms with Gasteiger partial charge in [-0.05, 0) is 79.5 Å². The van der Waals surface area contributed by atoms with Gasteiger partial charge in [0.2, 0.25) is 0 Å². The number of nitrogens with zero attached hydrogens (tertiary/aromatic N) is 2. The molecule has 198 valence electrons. The Kier molecular flexibility index (Phi) is 6.87. The fraction of sp³-hybridized carbons (Fsp3) is 0.481. The van der Waals surface area contributed by atoms with E-state index in [1.807, 2.05) is 6.92 Å². The molecule has 1 saturated carbocycles. The molecule has 3 aromatic rings. The van der Waals surface area contributed by atoms with Crippen molar-refractivity contribution in [3.05, 3.63) is 41.0 Å². The molecule has 0 spiro atoms. The third kappa shape index (κ3) is 5.84. The summed E-state index contributed by atoms with van der Waals surface area (Å²) in [6, 6.07) is 3.77. The van der Waals surface area contributed by atoms with Crippen LogP contribution in [0.3, 0.4) is 0 Å². The summed E-state index contributed by atoms with van der Waals surface area (Å²) in [7, 11) is 0. The number of halogens is 1. The van der Waals surface area contributed by atoms with E-state index in [0.29, 0.717) is 33.9 Å². The van der Waals surface area contributed by atoms with Gasteiger partial charge >= 0.3 is 12.1 Å². The van der Waals surface area contributed by atoms with Crippen molar-refractivity contribution >= 4 is 28.9 Å². The SMILES string of the molecule is CCOC(=O)c1cc(-c2c(F)ccc3nc(C)c(NC4(C)CC4)nc23)[nH]c1C(C)NC(=O)OC(C)(C)C. The van der Waals surface area contributed by atoms with E-state index < -0.39 is 29.5 Å². The molecule has 0 aliphatic heterocycles. The molecule has 1 aliphatic carbocycles. The molecule has 1 fully saturated rings. The number of hydrogen-bond acceptors (Lipinski definition) is 7. The average molecular weight is 512 g/mol. The molecule has 1 unspecified atom stereocenters. The van der Waals surface area contributed by atoms with Gasteiger partial charge in [0.15, 0.2) is 0 Å². The molecule has 4 rings (SSSR count). The summed E-state index contributed by atoms with van der Waals surface area (Å²) >= 11 is 0. The molecule has 0 saturated heterocycles. The molecular weight excluding hydrogens is 477 g/mol. The third-order valence-electron chi connectivity index (χ3n) is 6.16. The number of H-pyrrole nitrogens is 1. The number of anilines is 1. The van der Waals surface area contributed by atoms with Crippen LogP contribution in [0.4, 0.5) is 15.0 Å². The highest BCUT2D eigenvalue weighted by Gasteiger charge is 2.38. The fourth-order valence-corrected chi connectivity index (χ4v) is 4.04. The first-order valence-electron chi connectivity index (χ1n) is 12.4. The van der Waals surface area contributed by atoms with Crippen LogP contribution in [0, 0.1) is 12.7 Å². The van der Waals surface area contributed by atoms with E-state index in [0.717, 1.165) is 12.8 Å². The second-order valence-corrected chi connectivity index (χ2v) is 10.7. The van der Waals surface area contributed by atoms with Crippen LogP contribution in [0.25, 0.3) is 22.3 Å². The van der Waals surface area contributed by atoms with E-state index in [1.54, 1.807) is 40.7 Å². The monoisotopic (exact) mass is 511 g/mol. The Balaban J connectivity index is 1.80. The number of ether oxygens (including phenoxy) is 2. The zero-order valence-corrected chi connectivity index (χ0v) is 22.3. The first-order chi connectivity index (χ1) is 17.3. The summed E-state index contributed by atoms with van der Waals surface area (Å²) in [5, 5.41) is 6.14. The minimum absolute atomic E-state index is 0.0416. The second kappa shape index (κ2) is 9.64. The van der Waals surface area contributed by atoms with Gasteiger partial charge in [0.25, 0.3) is 0 Å². The van der Waals surface area contributed by atoms with Crippen LogP contribution in [0.5, 0.6) is 0 Å². The Hall–Kier alpha value is -3.69. The van der Waals surface area contributed by atoms with Crippen LogP contribution in [0.2, 0.25) is 0 Å². The highest BCUT2D eigenvalue weighted by atomic mass is 19.1. The molecular formula is C27H34FN5O4. The molecule has 1 aliphatic rings. The Labute approximate surface area is 215 Å². The Morgan fingerprint density at radius 1 is 1.24 bits per heavy atom. The van der Waals surface area contributed by atoms with Crippen molar-refractivity contribution < 1.29 is 23.5 Å². The third-order valence-corrected chi connectivity index (χ3v) is 6.16. The molecule has 9 nitrogen and oxygen atoms in total. The van der Waals surface area contributed by atoms with Gasteiger partial charge in [-0.3, -0.25) is 0 Å². The molecule has 1 amide bonds. The lowest BCUT2D eigenvalue weighted by atomic mass is 10.1. The maximum atomic E-state index is 15.4. The highest BCUT2D eigenvalue weighted by molar-refractivity contribution is 5.97. The maximum Gasteiger partial charge on any atom is 0.408 e. The number of rotatable bonds is 7. The van der Waals surface area contributed by atoms with Crippen LogP contribution in [0.1, 0.15) is 82.2 Å².